The Hall–Kier alpha value is -2.79. The molecule has 0 radical (unpaired) electrons. The molecule has 0 spiro atoms. The molecule has 1 saturated heterocycles. The van der Waals surface area contributed by atoms with E-state index in [0.717, 1.165) is 61.0 Å². The molecule has 0 bridgehead atoms. The number of imidazole rings is 1. The van der Waals surface area contributed by atoms with Crippen molar-refractivity contribution in [3.05, 3.63) is 66.0 Å². The van der Waals surface area contributed by atoms with E-state index in [1.54, 1.807) is 0 Å². The van der Waals surface area contributed by atoms with Gasteiger partial charge >= 0.3 is 0 Å². The van der Waals surface area contributed by atoms with E-state index in [2.05, 4.69) is 77.4 Å². The molecule has 5 heteroatoms. The molecule has 2 aliphatic heterocycles. The zero-order valence-corrected chi connectivity index (χ0v) is 19.9. The van der Waals surface area contributed by atoms with E-state index in [-0.39, 0.29) is 6.04 Å². The van der Waals surface area contributed by atoms with Crippen LogP contribution in [0.2, 0.25) is 0 Å². The number of hydrogen-bond donors (Lipinski definition) is 1. The minimum Gasteiger partial charge on any atom is -0.370 e. The largest absolute Gasteiger partial charge is 0.370 e. The van der Waals surface area contributed by atoms with E-state index in [0.29, 0.717) is 12.0 Å². The minimum absolute atomic E-state index is 0.217. The summed E-state index contributed by atoms with van der Waals surface area (Å²) in [5, 5.41) is 0. The molecular weight excluding hydrogens is 406 g/mol. The highest BCUT2D eigenvalue weighted by Gasteiger charge is 2.36. The van der Waals surface area contributed by atoms with E-state index >= 15 is 0 Å². The van der Waals surface area contributed by atoms with Gasteiger partial charge in [-0.3, -0.25) is 0 Å². The Morgan fingerprint density at radius 1 is 1.24 bits per heavy atom. The molecule has 1 saturated carbocycles. The van der Waals surface area contributed by atoms with Gasteiger partial charge in [0.1, 0.15) is 0 Å². The fourth-order valence-electron chi connectivity index (χ4n) is 5.90. The Morgan fingerprint density at radius 3 is 2.88 bits per heavy atom. The average molecular weight is 442 g/mol. The van der Waals surface area contributed by atoms with Crippen LogP contribution in [-0.2, 0) is 7.05 Å². The van der Waals surface area contributed by atoms with Crippen molar-refractivity contribution in [3.63, 3.8) is 0 Å². The number of aryl methyl sites for hydroxylation is 1. The van der Waals surface area contributed by atoms with Gasteiger partial charge in [0, 0.05) is 38.4 Å². The lowest BCUT2D eigenvalue weighted by Crippen LogP contribution is -2.45. The van der Waals surface area contributed by atoms with Crippen LogP contribution in [0.25, 0.3) is 22.4 Å². The van der Waals surface area contributed by atoms with Gasteiger partial charge in [-0.1, -0.05) is 37.8 Å². The van der Waals surface area contributed by atoms with Crippen molar-refractivity contribution in [3.8, 4) is 0 Å². The number of hydrogen-bond acceptors (Lipinski definition) is 4. The predicted molar refractivity (Wildman–Crippen MR) is 136 cm³/mol. The van der Waals surface area contributed by atoms with Crippen molar-refractivity contribution in [1.29, 1.82) is 0 Å². The summed E-state index contributed by atoms with van der Waals surface area (Å²) in [5.74, 6) is 2.49. The fourth-order valence-corrected chi connectivity index (χ4v) is 5.90. The van der Waals surface area contributed by atoms with Crippen molar-refractivity contribution in [2.45, 2.75) is 44.7 Å². The molecule has 172 valence electrons. The van der Waals surface area contributed by atoms with Crippen LogP contribution in [0, 0.1) is 11.8 Å². The van der Waals surface area contributed by atoms with Gasteiger partial charge < -0.3 is 20.1 Å². The highest BCUT2D eigenvalue weighted by atomic mass is 15.2. The van der Waals surface area contributed by atoms with Crippen LogP contribution in [0.15, 0.2) is 54.7 Å². The summed E-state index contributed by atoms with van der Waals surface area (Å²) in [4.78, 5) is 10.1. The number of nitrogens with two attached hydrogens (primary N) is 1. The quantitative estimate of drug-likeness (QED) is 0.740. The Labute approximate surface area is 196 Å². The zero-order valence-electron chi connectivity index (χ0n) is 19.9. The van der Waals surface area contributed by atoms with Crippen LogP contribution in [0.3, 0.4) is 0 Å². The third kappa shape index (κ3) is 3.72. The topological polar surface area (TPSA) is 50.3 Å². The normalized spacial score (nSPS) is 27.1. The fraction of sp³-hybridized carbons (Fsp3) is 0.464. The first kappa shape index (κ1) is 20.8. The lowest BCUT2D eigenvalue weighted by molar-refractivity contribution is 0.235. The Kier molecular flexibility index (Phi) is 4.98. The molecule has 1 unspecified atom stereocenters. The van der Waals surface area contributed by atoms with E-state index in [9.17, 15) is 0 Å². The van der Waals surface area contributed by atoms with Crippen molar-refractivity contribution in [2.24, 2.45) is 24.6 Å². The number of nitrogens with zero attached hydrogens (tertiary/aromatic N) is 4. The van der Waals surface area contributed by atoms with E-state index in [1.165, 1.54) is 29.6 Å². The zero-order chi connectivity index (χ0) is 22.7. The van der Waals surface area contributed by atoms with Gasteiger partial charge in [0.05, 0.1) is 22.8 Å². The third-order valence-corrected chi connectivity index (χ3v) is 7.83. The first-order valence-electron chi connectivity index (χ1n) is 12.5. The summed E-state index contributed by atoms with van der Waals surface area (Å²) in [7, 11) is 2.15. The highest BCUT2D eigenvalue weighted by molar-refractivity contribution is 5.84. The van der Waals surface area contributed by atoms with Gasteiger partial charge in [-0.25, -0.2) is 4.98 Å². The number of likely N-dealkylation sites (tertiary alicyclic amines) is 1. The average Bonchev–Trinajstić information content (AvgIpc) is 3.47. The molecule has 6 rings (SSSR count). The molecule has 5 nitrogen and oxygen atoms in total. The molecule has 1 aromatic carbocycles. The number of aromatic nitrogens is 2. The number of allylic oxidation sites excluding steroid dienone is 2. The van der Waals surface area contributed by atoms with Crippen molar-refractivity contribution >= 4 is 22.4 Å². The number of fused-ring (bicyclic) bond motifs is 2. The maximum Gasteiger partial charge on any atom is 0.157 e. The SMILES string of the molecule is C=C(c1ccc2c(c1)nc(C1=CC3=CC=CCC3N1CC1CC1)n2C)N1C[C@@H](C)C[C@@H](N)C1. The Morgan fingerprint density at radius 2 is 2.09 bits per heavy atom. The highest BCUT2D eigenvalue weighted by Crippen LogP contribution is 2.41. The molecule has 3 atom stereocenters. The Balaban J connectivity index is 1.34. The van der Waals surface area contributed by atoms with E-state index in [4.69, 9.17) is 10.7 Å². The van der Waals surface area contributed by atoms with Gasteiger partial charge in [0.25, 0.3) is 0 Å². The van der Waals surface area contributed by atoms with Crippen LogP contribution in [0.4, 0.5) is 0 Å². The number of benzene rings is 1. The molecule has 0 amide bonds. The maximum absolute atomic E-state index is 6.30. The molecule has 33 heavy (non-hydrogen) atoms. The minimum atomic E-state index is 0.217. The molecule has 1 aromatic heterocycles. The van der Waals surface area contributed by atoms with Gasteiger partial charge in [-0.15, -0.1) is 0 Å². The molecule has 2 N–H and O–H groups in total. The van der Waals surface area contributed by atoms with Crippen LogP contribution in [0.1, 0.15) is 44.0 Å². The van der Waals surface area contributed by atoms with Gasteiger partial charge in [0.2, 0.25) is 0 Å². The molecule has 3 heterocycles. The van der Waals surface area contributed by atoms with E-state index in [1.807, 2.05) is 0 Å². The second kappa shape index (κ2) is 7.91. The second-order valence-electron chi connectivity index (χ2n) is 10.6. The summed E-state index contributed by atoms with van der Waals surface area (Å²) in [6, 6.07) is 7.29. The maximum atomic E-state index is 6.30. The predicted octanol–water partition coefficient (Wildman–Crippen LogP) is 4.53. The van der Waals surface area contributed by atoms with Crippen LogP contribution < -0.4 is 5.73 Å². The summed E-state index contributed by atoms with van der Waals surface area (Å²) in [6.45, 7) is 9.75. The van der Waals surface area contributed by atoms with Crippen LogP contribution >= 0.6 is 0 Å². The summed E-state index contributed by atoms with van der Waals surface area (Å²) in [5.41, 5.74) is 13.4. The first-order chi connectivity index (χ1) is 16.0. The molecule has 2 aliphatic carbocycles. The molecule has 2 aromatic rings. The van der Waals surface area contributed by atoms with Crippen LogP contribution in [-0.4, -0.2) is 51.1 Å². The summed E-state index contributed by atoms with van der Waals surface area (Å²) in [6.07, 6.45) is 14.0. The summed E-state index contributed by atoms with van der Waals surface area (Å²) < 4.78 is 2.26. The number of rotatable bonds is 5. The Bertz CT molecular complexity index is 1180. The summed E-state index contributed by atoms with van der Waals surface area (Å²) >= 11 is 0. The standard InChI is InChI=1S/C28H35N5/c1-18-12-23(29)17-32(15-18)19(2)21-10-11-26-24(13-21)30-28(31(26)3)27-14-22-6-4-5-7-25(22)33(27)16-20-8-9-20/h4-6,10-11,13-14,18,20,23,25H,2,7-9,12,15-17,29H2,1,3H3/t18-,23+,25?/m0/s1. The molecule has 2 fully saturated rings. The second-order valence-corrected chi connectivity index (χ2v) is 10.6. The third-order valence-electron chi connectivity index (χ3n) is 7.83. The smallest absolute Gasteiger partial charge is 0.157 e. The molecule has 4 aliphatic rings. The van der Waals surface area contributed by atoms with Crippen LogP contribution in [0.5, 0.6) is 0 Å². The van der Waals surface area contributed by atoms with Crippen molar-refractivity contribution in [2.75, 3.05) is 19.6 Å². The lowest BCUT2D eigenvalue weighted by Gasteiger charge is -2.37. The number of piperidine rings is 1. The van der Waals surface area contributed by atoms with Crippen molar-refractivity contribution < 1.29 is 0 Å². The van der Waals surface area contributed by atoms with Crippen molar-refractivity contribution in [1.82, 2.24) is 19.4 Å². The molecular formula is C28H35N5. The lowest BCUT2D eigenvalue weighted by atomic mass is 9.95. The first-order valence-corrected chi connectivity index (χ1v) is 12.5. The monoisotopic (exact) mass is 441 g/mol. The van der Waals surface area contributed by atoms with Gasteiger partial charge in [-0.05, 0) is 66.9 Å². The van der Waals surface area contributed by atoms with Gasteiger partial charge in [0.15, 0.2) is 5.82 Å². The van der Waals surface area contributed by atoms with Gasteiger partial charge in [-0.2, -0.15) is 0 Å². The van der Waals surface area contributed by atoms with E-state index < -0.39 is 0 Å².